The minimum absolute atomic E-state index is 0.0578. The van der Waals surface area contributed by atoms with Crippen molar-refractivity contribution in [3.8, 4) is 6.07 Å². The monoisotopic (exact) mass is 265 g/mol. The van der Waals surface area contributed by atoms with Gasteiger partial charge in [0.15, 0.2) is 5.78 Å². The fraction of sp³-hybridized carbons (Fsp3) is 0.125. The molecule has 20 heavy (non-hydrogen) atoms. The van der Waals surface area contributed by atoms with Gasteiger partial charge < -0.3 is 10.6 Å². The number of benzene rings is 2. The zero-order valence-electron chi connectivity index (χ0n) is 11.4. The van der Waals surface area contributed by atoms with Crippen molar-refractivity contribution in [2.75, 3.05) is 17.7 Å². The van der Waals surface area contributed by atoms with Crippen LogP contribution in [0, 0.1) is 11.3 Å². The van der Waals surface area contributed by atoms with Gasteiger partial charge in [-0.1, -0.05) is 0 Å². The van der Waals surface area contributed by atoms with E-state index in [4.69, 9.17) is 11.0 Å². The van der Waals surface area contributed by atoms with Crippen LogP contribution in [0.15, 0.2) is 42.5 Å². The Kier molecular flexibility index (Phi) is 3.72. The largest absolute Gasteiger partial charge is 0.398 e. The molecule has 0 aliphatic rings. The highest BCUT2D eigenvalue weighted by Crippen LogP contribution is 2.27. The Labute approximate surface area is 118 Å². The molecule has 0 saturated carbocycles. The van der Waals surface area contributed by atoms with E-state index in [1.54, 1.807) is 24.3 Å². The average molecular weight is 265 g/mol. The van der Waals surface area contributed by atoms with Crippen LogP contribution in [-0.2, 0) is 0 Å². The summed E-state index contributed by atoms with van der Waals surface area (Å²) in [5.41, 5.74) is 9.21. The number of hydrogen-bond donors (Lipinski definition) is 1. The van der Waals surface area contributed by atoms with Gasteiger partial charge in [-0.05, 0) is 49.4 Å². The van der Waals surface area contributed by atoms with E-state index in [9.17, 15) is 4.79 Å². The van der Waals surface area contributed by atoms with E-state index < -0.39 is 0 Å². The lowest BCUT2D eigenvalue weighted by Crippen LogP contribution is -2.11. The Balaban J connectivity index is 2.37. The number of ketones is 1. The minimum atomic E-state index is -0.0578. The normalized spacial score (nSPS) is 9.85. The summed E-state index contributed by atoms with van der Waals surface area (Å²) in [7, 11) is 1.90. The molecule has 0 radical (unpaired) electrons. The van der Waals surface area contributed by atoms with Crippen LogP contribution < -0.4 is 10.6 Å². The summed E-state index contributed by atoms with van der Waals surface area (Å²) in [4.78, 5) is 13.5. The summed E-state index contributed by atoms with van der Waals surface area (Å²) >= 11 is 0. The molecule has 100 valence electrons. The quantitative estimate of drug-likeness (QED) is 0.683. The molecule has 4 heteroatoms. The first-order chi connectivity index (χ1) is 9.52. The van der Waals surface area contributed by atoms with Crippen molar-refractivity contribution in [1.82, 2.24) is 0 Å². The van der Waals surface area contributed by atoms with Gasteiger partial charge in [0.2, 0.25) is 0 Å². The van der Waals surface area contributed by atoms with Gasteiger partial charge in [-0.3, -0.25) is 4.79 Å². The van der Waals surface area contributed by atoms with E-state index in [2.05, 4.69) is 6.07 Å². The fourth-order valence-electron chi connectivity index (χ4n) is 1.97. The maximum Gasteiger partial charge on any atom is 0.161 e. The first kappa shape index (κ1) is 13.6. The first-order valence-corrected chi connectivity index (χ1v) is 6.17. The Morgan fingerprint density at radius 3 is 2.30 bits per heavy atom. The summed E-state index contributed by atoms with van der Waals surface area (Å²) in [6.45, 7) is 1.50. The van der Waals surface area contributed by atoms with Gasteiger partial charge >= 0.3 is 0 Å². The lowest BCUT2D eigenvalue weighted by atomic mass is 10.1. The van der Waals surface area contributed by atoms with E-state index in [-0.39, 0.29) is 5.78 Å². The van der Waals surface area contributed by atoms with E-state index in [0.717, 1.165) is 11.4 Å². The third-order valence-electron chi connectivity index (χ3n) is 3.19. The van der Waals surface area contributed by atoms with Crippen LogP contribution in [0.5, 0.6) is 0 Å². The smallest absolute Gasteiger partial charge is 0.161 e. The van der Waals surface area contributed by atoms with E-state index in [0.29, 0.717) is 16.8 Å². The summed E-state index contributed by atoms with van der Waals surface area (Å²) < 4.78 is 0. The van der Waals surface area contributed by atoms with Gasteiger partial charge in [0.05, 0.1) is 11.6 Å². The highest BCUT2D eigenvalue weighted by molar-refractivity contribution is 6.00. The van der Waals surface area contributed by atoms with Crippen LogP contribution in [-0.4, -0.2) is 12.8 Å². The molecule has 0 bridgehead atoms. The number of nitrogen functional groups attached to an aromatic ring is 1. The molecule has 0 aliphatic carbocycles. The SMILES string of the molecule is CC(=O)c1cc(N(C)c2ccc(C#N)cc2)ccc1N. The van der Waals surface area contributed by atoms with Crippen LogP contribution >= 0.6 is 0 Å². The van der Waals surface area contributed by atoms with Crippen LogP contribution in [0.4, 0.5) is 17.1 Å². The molecule has 0 spiro atoms. The molecule has 0 unspecified atom stereocenters. The number of carbonyl (C=O) groups excluding carboxylic acids is 1. The summed E-state index contributed by atoms with van der Waals surface area (Å²) in [6.07, 6.45) is 0. The van der Waals surface area contributed by atoms with Gasteiger partial charge in [-0.15, -0.1) is 0 Å². The topological polar surface area (TPSA) is 70.1 Å². The van der Waals surface area contributed by atoms with Crippen LogP contribution in [0.1, 0.15) is 22.8 Å². The number of rotatable bonds is 3. The third-order valence-corrected chi connectivity index (χ3v) is 3.19. The van der Waals surface area contributed by atoms with Crippen LogP contribution in [0.3, 0.4) is 0 Å². The number of hydrogen-bond acceptors (Lipinski definition) is 4. The van der Waals surface area contributed by atoms with Crippen molar-refractivity contribution in [3.63, 3.8) is 0 Å². The molecule has 2 rings (SSSR count). The average Bonchev–Trinajstić information content (AvgIpc) is 2.47. The Hall–Kier alpha value is -2.80. The van der Waals surface area contributed by atoms with Gasteiger partial charge in [0.1, 0.15) is 0 Å². The number of carbonyl (C=O) groups is 1. The Morgan fingerprint density at radius 2 is 1.75 bits per heavy atom. The summed E-state index contributed by atoms with van der Waals surface area (Å²) in [5, 5.41) is 8.80. The van der Waals surface area contributed by atoms with Crippen molar-refractivity contribution in [3.05, 3.63) is 53.6 Å². The fourth-order valence-corrected chi connectivity index (χ4v) is 1.97. The summed E-state index contributed by atoms with van der Waals surface area (Å²) in [6, 6.07) is 14.7. The lowest BCUT2D eigenvalue weighted by Gasteiger charge is -2.20. The predicted octanol–water partition coefficient (Wildman–Crippen LogP) is 3.11. The minimum Gasteiger partial charge on any atom is -0.398 e. The second-order valence-corrected chi connectivity index (χ2v) is 4.55. The number of nitriles is 1. The standard InChI is InChI=1S/C16H15N3O/c1-11(20)15-9-14(7-8-16(15)18)19(2)13-5-3-12(10-17)4-6-13/h3-9H,18H2,1-2H3. The predicted molar refractivity (Wildman–Crippen MR) is 80.1 cm³/mol. The van der Waals surface area contributed by atoms with E-state index in [1.165, 1.54) is 6.92 Å². The highest BCUT2D eigenvalue weighted by Gasteiger charge is 2.09. The Bertz CT molecular complexity index is 684. The molecule has 2 aromatic carbocycles. The molecule has 0 fully saturated rings. The van der Waals surface area contributed by atoms with Gasteiger partial charge in [-0.25, -0.2) is 0 Å². The maximum absolute atomic E-state index is 11.5. The molecule has 0 aromatic heterocycles. The molecule has 2 aromatic rings. The number of anilines is 3. The number of nitrogens with two attached hydrogens (primary N) is 1. The van der Waals surface area contributed by atoms with Crippen molar-refractivity contribution in [2.45, 2.75) is 6.92 Å². The molecule has 0 amide bonds. The summed E-state index contributed by atoms with van der Waals surface area (Å²) in [5.74, 6) is -0.0578. The number of Topliss-reactive ketones (excluding diaryl/α,β-unsaturated/α-hetero) is 1. The second kappa shape index (κ2) is 5.45. The zero-order valence-corrected chi connectivity index (χ0v) is 11.4. The van der Waals surface area contributed by atoms with E-state index in [1.807, 2.05) is 30.1 Å². The molecule has 0 aliphatic heterocycles. The molecule has 4 nitrogen and oxygen atoms in total. The molecule has 2 N–H and O–H groups in total. The highest BCUT2D eigenvalue weighted by atomic mass is 16.1. The van der Waals surface area contributed by atoms with Crippen molar-refractivity contribution in [1.29, 1.82) is 5.26 Å². The van der Waals surface area contributed by atoms with Gasteiger partial charge in [0.25, 0.3) is 0 Å². The van der Waals surface area contributed by atoms with Gasteiger partial charge in [0, 0.05) is 29.7 Å². The molecule has 0 heterocycles. The lowest BCUT2D eigenvalue weighted by molar-refractivity contribution is 0.101. The Morgan fingerprint density at radius 1 is 1.15 bits per heavy atom. The van der Waals surface area contributed by atoms with Crippen LogP contribution in [0.2, 0.25) is 0 Å². The van der Waals surface area contributed by atoms with Crippen molar-refractivity contribution >= 4 is 22.8 Å². The number of nitrogens with zero attached hydrogens (tertiary/aromatic N) is 2. The van der Waals surface area contributed by atoms with E-state index >= 15 is 0 Å². The van der Waals surface area contributed by atoms with Crippen LogP contribution in [0.25, 0.3) is 0 Å². The molecular formula is C16H15N3O. The maximum atomic E-state index is 11.5. The second-order valence-electron chi connectivity index (χ2n) is 4.55. The molecule has 0 atom stereocenters. The zero-order chi connectivity index (χ0) is 14.7. The molecular weight excluding hydrogens is 250 g/mol. The third kappa shape index (κ3) is 2.62. The first-order valence-electron chi connectivity index (χ1n) is 6.17. The van der Waals surface area contributed by atoms with Gasteiger partial charge in [-0.2, -0.15) is 5.26 Å². The van der Waals surface area contributed by atoms with Crippen molar-refractivity contribution in [2.24, 2.45) is 0 Å². The molecule has 0 saturated heterocycles. The van der Waals surface area contributed by atoms with Crippen molar-refractivity contribution < 1.29 is 4.79 Å².